The average Bonchev–Trinajstić information content (AvgIpc) is 2.33. The molecule has 100 valence electrons. The smallest absolute Gasteiger partial charge is 0.00647 e. The predicted molar refractivity (Wildman–Crippen MR) is 73.6 cm³/mol. The van der Waals surface area contributed by atoms with Crippen LogP contribution in [-0.2, 0) is 0 Å². The second-order valence-electron chi connectivity index (χ2n) is 6.75. The van der Waals surface area contributed by atoms with Crippen LogP contribution in [0, 0.1) is 23.7 Å². The second-order valence-corrected chi connectivity index (χ2v) is 6.75. The fourth-order valence-electron chi connectivity index (χ4n) is 3.99. The second kappa shape index (κ2) is 5.71. The molecule has 0 aromatic carbocycles. The van der Waals surface area contributed by atoms with Crippen molar-refractivity contribution in [2.24, 2.45) is 35.1 Å². The van der Waals surface area contributed by atoms with Gasteiger partial charge in [0.25, 0.3) is 0 Å². The van der Waals surface area contributed by atoms with Gasteiger partial charge in [0.2, 0.25) is 0 Å². The summed E-state index contributed by atoms with van der Waals surface area (Å²) >= 11 is 0. The molecule has 2 saturated carbocycles. The van der Waals surface area contributed by atoms with Crippen molar-refractivity contribution in [2.75, 3.05) is 0 Å². The van der Waals surface area contributed by atoms with Gasteiger partial charge in [-0.3, -0.25) is 0 Å². The molecule has 2 aliphatic carbocycles. The predicted octanol–water partition coefficient (Wildman–Crippen LogP) is 2.90. The maximum Gasteiger partial charge on any atom is 0.00647 e. The van der Waals surface area contributed by atoms with Crippen molar-refractivity contribution in [1.82, 2.24) is 0 Å². The first-order valence-electron chi connectivity index (χ1n) is 7.59. The highest BCUT2D eigenvalue weighted by Crippen LogP contribution is 2.40. The Balaban J connectivity index is 1.85. The molecular formula is C15H30N2. The summed E-state index contributed by atoms with van der Waals surface area (Å²) in [6, 6.07) is 0.940. The van der Waals surface area contributed by atoms with Crippen molar-refractivity contribution >= 4 is 0 Å². The summed E-state index contributed by atoms with van der Waals surface area (Å²) in [6.45, 7) is 4.82. The van der Waals surface area contributed by atoms with Crippen LogP contribution in [0.4, 0.5) is 0 Å². The van der Waals surface area contributed by atoms with Crippen LogP contribution >= 0.6 is 0 Å². The molecule has 0 bridgehead atoms. The maximum absolute atomic E-state index is 6.12. The highest BCUT2D eigenvalue weighted by molar-refractivity contribution is 4.86. The molecule has 0 saturated heterocycles. The van der Waals surface area contributed by atoms with Gasteiger partial charge in [-0.05, 0) is 68.6 Å². The Hall–Kier alpha value is -0.0800. The molecule has 0 amide bonds. The summed E-state index contributed by atoms with van der Waals surface area (Å²) in [5.41, 5.74) is 12.1. The number of hydrogen-bond acceptors (Lipinski definition) is 2. The van der Waals surface area contributed by atoms with E-state index in [2.05, 4.69) is 13.8 Å². The van der Waals surface area contributed by atoms with Gasteiger partial charge in [-0.25, -0.2) is 0 Å². The monoisotopic (exact) mass is 238 g/mol. The van der Waals surface area contributed by atoms with Gasteiger partial charge in [-0.2, -0.15) is 0 Å². The third-order valence-corrected chi connectivity index (χ3v) is 5.58. The minimum Gasteiger partial charge on any atom is -0.328 e. The fourth-order valence-corrected chi connectivity index (χ4v) is 3.99. The first-order valence-corrected chi connectivity index (χ1v) is 7.59. The zero-order chi connectivity index (χ0) is 12.4. The lowest BCUT2D eigenvalue weighted by Gasteiger charge is -2.40. The molecule has 2 rings (SSSR count). The van der Waals surface area contributed by atoms with E-state index in [1.165, 1.54) is 44.9 Å². The molecule has 0 aromatic heterocycles. The van der Waals surface area contributed by atoms with E-state index >= 15 is 0 Å². The minimum absolute atomic E-state index is 0.457. The molecule has 0 spiro atoms. The Bertz CT molecular complexity index is 233. The van der Waals surface area contributed by atoms with Crippen molar-refractivity contribution < 1.29 is 0 Å². The standard InChI is InChI=1S/C15H30N2/c1-10-9-13(5-8-15(10)17)11(2)12-3-6-14(16)7-4-12/h10-15H,3-9,16-17H2,1-2H3. The number of rotatable bonds is 2. The summed E-state index contributed by atoms with van der Waals surface area (Å²) in [7, 11) is 0. The summed E-state index contributed by atoms with van der Waals surface area (Å²) in [5.74, 6) is 3.46. The molecule has 2 heteroatoms. The van der Waals surface area contributed by atoms with E-state index in [4.69, 9.17) is 11.5 Å². The molecule has 0 aromatic rings. The van der Waals surface area contributed by atoms with Crippen LogP contribution in [0.3, 0.4) is 0 Å². The lowest BCUT2D eigenvalue weighted by Crippen LogP contribution is -2.38. The number of nitrogens with two attached hydrogens (primary N) is 2. The Labute approximate surface area is 107 Å². The minimum atomic E-state index is 0.457. The van der Waals surface area contributed by atoms with E-state index in [-0.39, 0.29) is 0 Å². The van der Waals surface area contributed by atoms with Crippen LogP contribution in [-0.4, -0.2) is 12.1 Å². The molecular weight excluding hydrogens is 208 g/mol. The Kier molecular flexibility index (Phi) is 4.48. The summed E-state index contributed by atoms with van der Waals surface area (Å²) in [4.78, 5) is 0. The molecule has 4 unspecified atom stereocenters. The molecule has 4 N–H and O–H groups in total. The molecule has 0 heterocycles. The van der Waals surface area contributed by atoms with E-state index in [0.717, 1.165) is 23.7 Å². The topological polar surface area (TPSA) is 52.0 Å². The van der Waals surface area contributed by atoms with Crippen molar-refractivity contribution in [3.05, 3.63) is 0 Å². The normalized spacial score (nSPS) is 45.5. The van der Waals surface area contributed by atoms with E-state index < -0.39 is 0 Å². The van der Waals surface area contributed by atoms with Gasteiger partial charge in [0, 0.05) is 12.1 Å². The fraction of sp³-hybridized carbons (Fsp3) is 1.00. The van der Waals surface area contributed by atoms with Gasteiger partial charge in [0.15, 0.2) is 0 Å². The van der Waals surface area contributed by atoms with Gasteiger partial charge in [0.1, 0.15) is 0 Å². The van der Waals surface area contributed by atoms with Gasteiger partial charge >= 0.3 is 0 Å². The third kappa shape index (κ3) is 3.23. The maximum atomic E-state index is 6.12. The van der Waals surface area contributed by atoms with Crippen molar-refractivity contribution in [3.8, 4) is 0 Å². The summed E-state index contributed by atoms with van der Waals surface area (Å²) < 4.78 is 0. The van der Waals surface area contributed by atoms with Gasteiger partial charge < -0.3 is 11.5 Å². The van der Waals surface area contributed by atoms with Crippen molar-refractivity contribution in [3.63, 3.8) is 0 Å². The molecule has 4 atom stereocenters. The lowest BCUT2D eigenvalue weighted by atomic mass is 9.67. The van der Waals surface area contributed by atoms with E-state index in [0.29, 0.717) is 12.1 Å². The SMILES string of the molecule is CC1CC(C(C)C2CCC(N)CC2)CCC1N. The highest BCUT2D eigenvalue weighted by Gasteiger charge is 2.33. The van der Waals surface area contributed by atoms with Crippen LogP contribution in [0.25, 0.3) is 0 Å². The highest BCUT2D eigenvalue weighted by atomic mass is 14.7. The molecule has 2 fully saturated rings. The van der Waals surface area contributed by atoms with Crippen LogP contribution in [0.15, 0.2) is 0 Å². The van der Waals surface area contributed by atoms with Crippen molar-refractivity contribution in [2.45, 2.75) is 70.9 Å². The number of hydrogen-bond donors (Lipinski definition) is 2. The van der Waals surface area contributed by atoms with Crippen molar-refractivity contribution in [1.29, 1.82) is 0 Å². The van der Waals surface area contributed by atoms with Crippen LogP contribution < -0.4 is 11.5 Å². The first kappa shape index (κ1) is 13.4. The third-order valence-electron chi connectivity index (χ3n) is 5.58. The van der Waals surface area contributed by atoms with Crippen LogP contribution in [0.1, 0.15) is 58.8 Å². The average molecular weight is 238 g/mol. The Morgan fingerprint density at radius 3 is 2.06 bits per heavy atom. The summed E-state index contributed by atoms with van der Waals surface area (Å²) in [6.07, 6.45) is 9.16. The van der Waals surface area contributed by atoms with Gasteiger partial charge in [0.05, 0.1) is 0 Å². The molecule has 2 aliphatic rings. The zero-order valence-corrected chi connectivity index (χ0v) is 11.6. The van der Waals surface area contributed by atoms with E-state index in [1.54, 1.807) is 0 Å². The van der Waals surface area contributed by atoms with Gasteiger partial charge in [-0.15, -0.1) is 0 Å². The molecule has 0 aliphatic heterocycles. The van der Waals surface area contributed by atoms with Crippen LogP contribution in [0.2, 0.25) is 0 Å². The van der Waals surface area contributed by atoms with E-state index in [9.17, 15) is 0 Å². The zero-order valence-electron chi connectivity index (χ0n) is 11.6. The Morgan fingerprint density at radius 2 is 1.47 bits per heavy atom. The van der Waals surface area contributed by atoms with Crippen LogP contribution in [0.5, 0.6) is 0 Å². The molecule has 2 nitrogen and oxygen atoms in total. The summed E-state index contributed by atoms with van der Waals surface area (Å²) in [5, 5.41) is 0. The molecule has 0 radical (unpaired) electrons. The van der Waals surface area contributed by atoms with Gasteiger partial charge in [-0.1, -0.05) is 13.8 Å². The first-order chi connectivity index (χ1) is 8.08. The lowest BCUT2D eigenvalue weighted by molar-refractivity contribution is 0.124. The Morgan fingerprint density at radius 1 is 0.882 bits per heavy atom. The van der Waals surface area contributed by atoms with E-state index in [1.807, 2.05) is 0 Å². The largest absolute Gasteiger partial charge is 0.328 e. The molecule has 17 heavy (non-hydrogen) atoms. The quantitative estimate of drug-likeness (QED) is 0.777.